The molecule has 5 heteroatoms. The molecule has 2 aromatic heterocycles. The van der Waals surface area contributed by atoms with E-state index in [1.54, 1.807) is 29.6 Å². The highest BCUT2D eigenvalue weighted by Crippen LogP contribution is 2.10. The molecule has 0 saturated carbocycles. The Morgan fingerprint density at radius 2 is 1.65 bits per heavy atom. The van der Waals surface area contributed by atoms with E-state index in [0.29, 0.717) is 13.1 Å². The van der Waals surface area contributed by atoms with Crippen molar-refractivity contribution >= 4 is 5.91 Å². The van der Waals surface area contributed by atoms with Gasteiger partial charge in [-0.05, 0) is 24.3 Å². The lowest BCUT2D eigenvalue weighted by molar-refractivity contribution is -0.131. The number of furan rings is 2. The van der Waals surface area contributed by atoms with Crippen molar-refractivity contribution < 1.29 is 13.6 Å². The molecule has 0 spiro atoms. The van der Waals surface area contributed by atoms with E-state index >= 15 is 0 Å². The van der Waals surface area contributed by atoms with Crippen molar-refractivity contribution in [2.24, 2.45) is 5.73 Å². The topological polar surface area (TPSA) is 72.6 Å². The summed E-state index contributed by atoms with van der Waals surface area (Å²) < 4.78 is 10.4. The molecule has 0 aliphatic heterocycles. The Morgan fingerprint density at radius 1 is 1.12 bits per heavy atom. The average molecular weight is 234 g/mol. The molecule has 5 nitrogen and oxygen atoms in total. The summed E-state index contributed by atoms with van der Waals surface area (Å²) in [7, 11) is 0. The number of amides is 1. The fourth-order valence-corrected chi connectivity index (χ4v) is 1.54. The number of hydrogen-bond acceptors (Lipinski definition) is 4. The maximum Gasteiger partial charge on any atom is 0.237 e. The third-order valence-corrected chi connectivity index (χ3v) is 2.38. The highest BCUT2D eigenvalue weighted by molar-refractivity contribution is 5.77. The minimum Gasteiger partial charge on any atom is -0.467 e. The van der Waals surface area contributed by atoms with Crippen molar-refractivity contribution in [3.63, 3.8) is 0 Å². The molecule has 0 aromatic carbocycles. The van der Waals surface area contributed by atoms with Crippen LogP contribution in [0.25, 0.3) is 0 Å². The van der Waals surface area contributed by atoms with Crippen molar-refractivity contribution in [2.45, 2.75) is 13.1 Å². The summed E-state index contributed by atoms with van der Waals surface area (Å²) in [4.78, 5) is 13.3. The van der Waals surface area contributed by atoms with Gasteiger partial charge in [0.1, 0.15) is 11.5 Å². The van der Waals surface area contributed by atoms with E-state index < -0.39 is 0 Å². The highest BCUT2D eigenvalue weighted by atomic mass is 16.3. The monoisotopic (exact) mass is 234 g/mol. The molecule has 0 aliphatic carbocycles. The fourth-order valence-electron chi connectivity index (χ4n) is 1.54. The molecule has 2 N–H and O–H groups in total. The molecule has 0 radical (unpaired) electrons. The molecule has 17 heavy (non-hydrogen) atoms. The van der Waals surface area contributed by atoms with Crippen LogP contribution in [0.2, 0.25) is 0 Å². The zero-order valence-electron chi connectivity index (χ0n) is 9.33. The number of rotatable bonds is 5. The van der Waals surface area contributed by atoms with Gasteiger partial charge in [0.05, 0.1) is 32.2 Å². The molecular weight excluding hydrogens is 220 g/mol. The van der Waals surface area contributed by atoms with Gasteiger partial charge in [-0.15, -0.1) is 0 Å². The summed E-state index contributed by atoms with van der Waals surface area (Å²) in [6.07, 6.45) is 3.15. The summed E-state index contributed by atoms with van der Waals surface area (Å²) in [6, 6.07) is 7.21. The molecule has 0 aliphatic rings. The summed E-state index contributed by atoms with van der Waals surface area (Å²) in [5.74, 6) is 1.30. The van der Waals surface area contributed by atoms with Gasteiger partial charge in [-0.1, -0.05) is 0 Å². The Morgan fingerprint density at radius 3 is 2.00 bits per heavy atom. The van der Waals surface area contributed by atoms with Crippen LogP contribution in [-0.2, 0) is 17.9 Å². The second-order valence-electron chi connectivity index (χ2n) is 3.61. The van der Waals surface area contributed by atoms with Crippen molar-refractivity contribution in [2.75, 3.05) is 6.54 Å². The van der Waals surface area contributed by atoms with Gasteiger partial charge in [0.15, 0.2) is 0 Å². The normalized spacial score (nSPS) is 10.4. The quantitative estimate of drug-likeness (QED) is 0.847. The standard InChI is InChI=1S/C12H14N2O3/c13-7-12(15)14(8-10-3-1-5-16-10)9-11-4-2-6-17-11/h1-6H,7-9,13H2. The zero-order valence-corrected chi connectivity index (χ0v) is 9.33. The van der Waals surface area contributed by atoms with Gasteiger partial charge in [-0.3, -0.25) is 4.79 Å². The Bertz CT molecular complexity index is 412. The first kappa shape index (κ1) is 11.5. The van der Waals surface area contributed by atoms with E-state index in [9.17, 15) is 4.79 Å². The Balaban J connectivity index is 2.05. The van der Waals surface area contributed by atoms with Gasteiger partial charge in [0.2, 0.25) is 5.91 Å². The van der Waals surface area contributed by atoms with Gasteiger partial charge >= 0.3 is 0 Å². The van der Waals surface area contributed by atoms with Crippen LogP contribution < -0.4 is 5.73 Å². The predicted molar refractivity (Wildman–Crippen MR) is 60.7 cm³/mol. The first-order valence-electron chi connectivity index (χ1n) is 5.32. The van der Waals surface area contributed by atoms with E-state index in [4.69, 9.17) is 14.6 Å². The molecule has 0 fully saturated rings. The van der Waals surface area contributed by atoms with E-state index in [-0.39, 0.29) is 12.5 Å². The lowest BCUT2D eigenvalue weighted by atomic mass is 10.3. The van der Waals surface area contributed by atoms with E-state index in [2.05, 4.69) is 0 Å². The fraction of sp³-hybridized carbons (Fsp3) is 0.250. The summed E-state index contributed by atoms with van der Waals surface area (Å²) in [5.41, 5.74) is 5.38. The highest BCUT2D eigenvalue weighted by Gasteiger charge is 2.15. The number of carbonyl (C=O) groups excluding carboxylic acids is 1. The van der Waals surface area contributed by atoms with E-state index in [0.717, 1.165) is 11.5 Å². The van der Waals surface area contributed by atoms with Crippen LogP contribution in [0, 0.1) is 0 Å². The molecule has 2 heterocycles. The molecular formula is C12H14N2O3. The number of carbonyl (C=O) groups is 1. The Hall–Kier alpha value is -2.01. The van der Waals surface area contributed by atoms with Crippen molar-refractivity contribution in [1.82, 2.24) is 4.90 Å². The molecule has 0 atom stereocenters. The third-order valence-electron chi connectivity index (χ3n) is 2.38. The lowest BCUT2D eigenvalue weighted by Gasteiger charge is -2.19. The van der Waals surface area contributed by atoms with Gasteiger partial charge in [-0.2, -0.15) is 0 Å². The number of nitrogens with two attached hydrogens (primary N) is 1. The van der Waals surface area contributed by atoms with E-state index in [1.807, 2.05) is 12.1 Å². The van der Waals surface area contributed by atoms with Gasteiger partial charge in [0.25, 0.3) is 0 Å². The SMILES string of the molecule is NCC(=O)N(Cc1ccco1)Cc1ccco1. The third kappa shape index (κ3) is 2.98. The lowest BCUT2D eigenvalue weighted by Crippen LogP contribution is -2.34. The number of nitrogens with zero attached hydrogens (tertiary/aromatic N) is 1. The average Bonchev–Trinajstić information content (AvgIpc) is 3.00. The van der Waals surface area contributed by atoms with Crippen molar-refractivity contribution in [1.29, 1.82) is 0 Å². The van der Waals surface area contributed by atoms with Crippen LogP contribution >= 0.6 is 0 Å². The Kier molecular flexibility index (Phi) is 3.62. The van der Waals surface area contributed by atoms with Crippen LogP contribution in [0.1, 0.15) is 11.5 Å². The van der Waals surface area contributed by atoms with Crippen LogP contribution in [-0.4, -0.2) is 17.4 Å². The molecule has 0 unspecified atom stereocenters. The van der Waals surface area contributed by atoms with Crippen molar-refractivity contribution in [3.8, 4) is 0 Å². The summed E-state index contributed by atoms with van der Waals surface area (Å²) in [5, 5.41) is 0. The summed E-state index contributed by atoms with van der Waals surface area (Å²) in [6.45, 7) is 0.759. The molecule has 2 aromatic rings. The summed E-state index contributed by atoms with van der Waals surface area (Å²) >= 11 is 0. The van der Waals surface area contributed by atoms with E-state index in [1.165, 1.54) is 0 Å². The predicted octanol–water partition coefficient (Wildman–Crippen LogP) is 1.36. The van der Waals surface area contributed by atoms with Crippen LogP contribution in [0.3, 0.4) is 0 Å². The number of hydrogen-bond donors (Lipinski definition) is 1. The minimum absolute atomic E-state index is 0.0264. The maximum atomic E-state index is 11.7. The van der Waals surface area contributed by atoms with Crippen molar-refractivity contribution in [3.05, 3.63) is 48.3 Å². The largest absolute Gasteiger partial charge is 0.467 e. The van der Waals surface area contributed by atoms with Crippen LogP contribution in [0.15, 0.2) is 45.6 Å². The zero-order chi connectivity index (χ0) is 12.1. The van der Waals surface area contributed by atoms with Crippen LogP contribution in [0.4, 0.5) is 0 Å². The van der Waals surface area contributed by atoms with Gasteiger partial charge < -0.3 is 19.5 Å². The first-order valence-corrected chi connectivity index (χ1v) is 5.32. The Labute approximate surface area is 98.8 Å². The minimum atomic E-state index is -0.141. The molecule has 2 rings (SSSR count). The first-order chi connectivity index (χ1) is 8.29. The maximum absolute atomic E-state index is 11.7. The molecule has 0 bridgehead atoms. The second kappa shape index (κ2) is 5.36. The molecule has 1 amide bonds. The van der Waals surface area contributed by atoms with Gasteiger partial charge in [0, 0.05) is 0 Å². The second-order valence-corrected chi connectivity index (χ2v) is 3.61. The van der Waals surface area contributed by atoms with Gasteiger partial charge in [-0.25, -0.2) is 0 Å². The van der Waals surface area contributed by atoms with Crippen LogP contribution in [0.5, 0.6) is 0 Å². The smallest absolute Gasteiger partial charge is 0.237 e. The molecule has 90 valence electrons. The molecule has 0 saturated heterocycles.